The van der Waals surface area contributed by atoms with Crippen LogP contribution in [-0.4, -0.2) is 12.1 Å². The highest BCUT2D eigenvalue weighted by atomic mass is 79.9. The van der Waals surface area contributed by atoms with Crippen molar-refractivity contribution in [3.8, 4) is 5.75 Å². The van der Waals surface area contributed by atoms with Crippen molar-refractivity contribution < 1.29 is 4.74 Å². The summed E-state index contributed by atoms with van der Waals surface area (Å²) in [6.07, 6.45) is 1.81. The number of aryl methyl sites for hydroxylation is 1. The van der Waals surface area contributed by atoms with Crippen LogP contribution in [0.15, 0.2) is 28.9 Å². The Bertz CT molecular complexity index is 482. The molecule has 0 saturated carbocycles. The standard InChI is InChI=1S/C11H10BrNO/c1-7-3-4-13-11-9(7)5-8(14-2)6-10(11)12/h3-6H,1-2H3. The molecular weight excluding hydrogens is 242 g/mol. The Morgan fingerprint density at radius 1 is 1.36 bits per heavy atom. The van der Waals surface area contributed by atoms with Gasteiger partial charge in [-0.15, -0.1) is 0 Å². The molecule has 0 unspecified atom stereocenters. The van der Waals surface area contributed by atoms with Gasteiger partial charge in [0.25, 0.3) is 0 Å². The van der Waals surface area contributed by atoms with Crippen molar-refractivity contribution in [3.63, 3.8) is 0 Å². The second kappa shape index (κ2) is 3.58. The van der Waals surface area contributed by atoms with Crippen LogP contribution in [0, 0.1) is 6.92 Å². The van der Waals surface area contributed by atoms with E-state index in [1.165, 1.54) is 5.56 Å². The molecule has 0 saturated heterocycles. The third-order valence-electron chi connectivity index (χ3n) is 2.23. The number of methoxy groups -OCH3 is 1. The lowest BCUT2D eigenvalue weighted by molar-refractivity contribution is 0.415. The van der Waals surface area contributed by atoms with E-state index < -0.39 is 0 Å². The normalized spacial score (nSPS) is 10.5. The summed E-state index contributed by atoms with van der Waals surface area (Å²) >= 11 is 3.48. The smallest absolute Gasteiger partial charge is 0.120 e. The van der Waals surface area contributed by atoms with E-state index in [4.69, 9.17) is 4.74 Å². The molecule has 14 heavy (non-hydrogen) atoms. The zero-order chi connectivity index (χ0) is 10.1. The van der Waals surface area contributed by atoms with Crippen molar-refractivity contribution in [2.75, 3.05) is 7.11 Å². The van der Waals surface area contributed by atoms with Crippen LogP contribution < -0.4 is 4.74 Å². The maximum Gasteiger partial charge on any atom is 0.120 e. The number of pyridine rings is 1. The highest BCUT2D eigenvalue weighted by Crippen LogP contribution is 2.29. The molecule has 0 fully saturated rings. The van der Waals surface area contributed by atoms with Crippen molar-refractivity contribution in [1.82, 2.24) is 4.98 Å². The van der Waals surface area contributed by atoms with Crippen molar-refractivity contribution >= 4 is 26.8 Å². The zero-order valence-corrected chi connectivity index (χ0v) is 9.63. The summed E-state index contributed by atoms with van der Waals surface area (Å²) < 4.78 is 6.17. The monoisotopic (exact) mass is 251 g/mol. The van der Waals surface area contributed by atoms with Gasteiger partial charge in [-0.1, -0.05) is 0 Å². The van der Waals surface area contributed by atoms with Gasteiger partial charge in [0.15, 0.2) is 0 Å². The highest BCUT2D eigenvalue weighted by Gasteiger charge is 2.04. The topological polar surface area (TPSA) is 22.1 Å². The molecule has 0 spiro atoms. The fourth-order valence-electron chi connectivity index (χ4n) is 1.44. The summed E-state index contributed by atoms with van der Waals surface area (Å²) in [5.41, 5.74) is 2.18. The van der Waals surface area contributed by atoms with E-state index in [1.807, 2.05) is 24.4 Å². The summed E-state index contributed by atoms with van der Waals surface area (Å²) in [6.45, 7) is 2.07. The second-order valence-corrected chi connectivity index (χ2v) is 3.99. The van der Waals surface area contributed by atoms with Crippen LogP contribution >= 0.6 is 15.9 Å². The van der Waals surface area contributed by atoms with Crippen LogP contribution in [0.5, 0.6) is 5.75 Å². The third kappa shape index (κ3) is 1.48. The molecule has 1 aromatic heterocycles. The average Bonchev–Trinajstić information content (AvgIpc) is 2.19. The number of hydrogen-bond donors (Lipinski definition) is 0. The Hall–Kier alpha value is -1.09. The van der Waals surface area contributed by atoms with E-state index in [-0.39, 0.29) is 0 Å². The molecule has 2 aromatic rings. The Kier molecular flexibility index (Phi) is 2.42. The number of fused-ring (bicyclic) bond motifs is 1. The lowest BCUT2D eigenvalue weighted by Crippen LogP contribution is -1.87. The van der Waals surface area contributed by atoms with Gasteiger partial charge >= 0.3 is 0 Å². The van der Waals surface area contributed by atoms with Crippen molar-refractivity contribution in [1.29, 1.82) is 0 Å². The van der Waals surface area contributed by atoms with Gasteiger partial charge in [0.05, 0.1) is 12.6 Å². The van der Waals surface area contributed by atoms with E-state index >= 15 is 0 Å². The fraction of sp³-hybridized carbons (Fsp3) is 0.182. The van der Waals surface area contributed by atoms with Gasteiger partial charge in [0, 0.05) is 16.1 Å². The predicted molar refractivity (Wildman–Crippen MR) is 60.7 cm³/mol. The first-order chi connectivity index (χ1) is 6.72. The van der Waals surface area contributed by atoms with Gasteiger partial charge in [-0.2, -0.15) is 0 Å². The Balaban J connectivity index is 2.83. The number of ether oxygens (including phenoxy) is 1. The lowest BCUT2D eigenvalue weighted by atomic mass is 10.1. The predicted octanol–water partition coefficient (Wildman–Crippen LogP) is 3.31. The quantitative estimate of drug-likeness (QED) is 0.776. The number of aromatic nitrogens is 1. The highest BCUT2D eigenvalue weighted by molar-refractivity contribution is 9.10. The maximum absolute atomic E-state index is 5.20. The van der Waals surface area contributed by atoms with E-state index in [9.17, 15) is 0 Å². The van der Waals surface area contributed by atoms with Crippen molar-refractivity contribution in [3.05, 3.63) is 34.4 Å². The fourth-order valence-corrected chi connectivity index (χ4v) is 1.98. The molecule has 0 amide bonds. The Morgan fingerprint density at radius 2 is 2.14 bits per heavy atom. The molecule has 0 atom stereocenters. The molecular formula is C11H10BrNO. The summed E-state index contributed by atoms with van der Waals surface area (Å²) in [7, 11) is 1.67. The first-order valence-electron chi connectivity index (χ1n) is 4.31. The molecule has 1 heterocycles. The average molecular weight is 252 g/mol. The van der Waals surface area contributed by atoms with E-state index in [2.05, 4.69) is 27.8 Å². The van der Waals surface area contributed by atoms with Crippen LogP contribution in [0.3, 0.4) is 0 Å². The first kappa shape index (κ1) is 9.46. The van der Waals surface area contributed by atoms with E-state index in [0.29, 0.717) is 0 Å². The molecule has 2 nitrogen and oxygen atoms in total. The van der Waals surface area contributed by atoms with Crippen LogP contribution in [0.4, 0.5) is 0 Å². The molecule has 0 aliphatic rings. The van der Waals surface area contributed by atoms with Crippen molar-refractivity contribution in [2.24, 2.45) is 0 Å². The summed E-state index contributed by atoms with van der Waals surface area (Å²) in [5, 5.41) is 1.12. The summed E-state index contributed by atoms with van der Waals surface area (Å²) in [4.78, 5) is 4.31. The molecule has 0 bridgehead atoms. The Morgan fingerprint density at radius 3 is 2.86 bits per heavy atom. The van der Waals surface area contributed by atoms with Gasteiger partial charge in [-0.05, 0) is 46.6 Å². The molecule has 0 N–H and O–H groups in total. The van der Waals surface area contributed by atoms with E-state index in [1.54, 1.807) is 7.11 Å². The SMILES string of the molecule is COc1cc(Br)c2nccc(C)c2c1. The first-order valence-corrected chi connectivity index (χ1v) is 5.10. The number of hydrogen-bond acceptors (Lipinski definition) is 2. The third-order valence-corrected chi connectivity index (χ3v) is 2.83. The number of nitrogens with zero attached hydrogens (tertiary/aromatic N) is 1. The molecule has 0 aliphatic carbocycles. The molecule has 0 radical (unpaired) electrons. The van der Waals surface area contributed by atoms with Gasteiger partial charge in [-0.3, -0.25) is 4.98 Å². The zero-order valence-electron chi connectivity index (χ0n) is 8.04. The minimum Gasteiger partial charge on any atom is -0.497 e. The van der Waals surface area contributed by atoms with Crippen LogP contribution in [0.2, 0.25) is 0 Å². The van der Waals surface area contributed by atoms with Gasteiger partial charge in [-0.25, -0.2) is 0 Å². The maximum atomic E-state index is 5.20. The molecule has 2 rings (SSSR count). The van der Waals surface area contributed by atoms with Crippen LogP contribution in [0.25, 0.3) is 10.9 Å². The van der Waals surface area contributed by atoms with Gasteiger partial charge in [0.1, 0.15) is 5.75 Å². The minimum absolute atomic E-state index is 0.848. The number of halogens is 1. The summed E-state index contributed by atoms with van der Waals surface area (Å²) in [6, 6.07) is 5.92. The van der Waals surface area contributed by atoms with Gasteiger partial charge in [0.2, 0.25) is 0 Å². The van der Waals surface area contributed by atoms with Crippen molar-refractivity contribution in [2.45, 2.75) is 6.92 Å². The second-order valence-electron chi connectivity index (χ2n) is 3.13. The lowest BCUT2D eigenvalue weighted by Gasteiger charge is -2.06. The number of benzene rings is 1. The number of rotatable bonds is 1. The largest absolute Gasteiger partial charge is 0.497 e. The van der Waals surface area contributed by atoms with Gasteiger partial charge < -0.3 is 4.74 Å². The molecule has 72 valence electrons. The van der Waals surface area contributed by atoms with Crippen LogP contribution in [0.1, 0.15) is 5.56 Å². The molecule has 3 heteroatoms. The molecule has 1 aromatic carbocycles. The van der Waals surface area contributed by atoms with E-state index in [0.717, 1.165) is 21.1 Å². The summed E-state index contributed by atoms with van der Waals surface area (Å²) in [5.74, 6) is 0.848. The Labute approximate surface area is 91.0 Å². The molecule has 0 aliphatic heterocycles. The van der Waals surface area contributed by atoms with Crippen LogP contribution in [-0.2, 0) is 0 Å². The minimum atomic E-state index is 0.848.